The lowest BCUT2D eigenvalue weighted by atomic mass is 10.2. The zero-order chi connectivity index (χ0) is 11.8. The predicted octanol–water partition coefficient (Wildman–Crippen LogP) is 2.24. The van der Waals surface area contributed by atoms with Gasteiger partial charge in [0.1, 0.15) is 11.6 Å². The van der Waals surface area contributed by atoms with Crippen LogP contribution < -0.4 is 0 Å². The molecule has 3 rings (SSSR count). The molecule has 0 atom stereocenters. The highest BCUT2D eigenvalue weighted by Crippen LogP contribution is 2.18. The van der Waals surface area contributed by atoms with Crippen molar-refractivity contribution in [3.05, 3.63) is 48.2 Å². The number of nitrogens with zero attached hydrogens (tertiary/aromatic N) is 4. The normalized spacial score (nSPS) is 10.9. The molecule has 0 aliphatic rings. The van der Waals surface area contributed by atoms with Crippen LogP contribution in [0.25, 0.3) is 17.0 Å². The van der Waals surface area contributed by atoms with Crippen molar-refractivity contribution in [2.75, 3.05) is 0 Å². The maximum absolute atomic E-state index is 13.2. The van der Waals surface area contributed by atoms with Crippen LogP contribution in [0.5, 0.6) is 0 Å². The molecule has 0 aliphatic carbocycles. The van der Waals surface area contributed by atoms with Gasteiger partial charge in [0.05, 0.1) is 0 Å². The predicted molar refractivity (Wildman–Crippen MR) is 60.9 cm³/mol. The van der Waals surface area contributed by atoms with Gasteiger partial charge in [-0.1, -0.05) is 12.1 Å². The minimum absolute atomic E-state index is 0.293. The van der Waals surface area contributed by atoms with E-state index < -0.39 is 0 Å². The molecule has 0 aliphatic heterocycles. The van der Waals surface area contributed by atoms with Gasteiger partial charge in [0.15, 0.2) is 11.5 Å². The van der Waals surface area contributed by atoms with E-state index in [0.29, 0.717) is 22.9 Å². The third kappa shape index (κ3) is 1.65. The van der Waals surface area contributed by atoms with Crippen molar-refractivity contribution in [2.45, 2.75) is 6.92 Å². The molecule has 0 unspecified atom stereocenters. The van der Waals surface area contributed by atoms with Crippen LogP contribution in [0.3, 0.4) is 0 Å². The largest absolute Gasteiger partial charge is 0.236 e. The summed E-state index contributed by atoms with van der Waals surface area (Å²) in [6.07, 6.45) is 1.64. The molecule has 4 nitrogen and oxygen atoms in total. The summed E-state index contributed by atoms with van der Waals surface area (Å²) in [6.45, 7) is 1.81. The van der Waals surface area contributed by atoms with Crippen molar-refractivity contribution in [3.63, 3.8) is 0 Å². The van der Waals surface area contributed by atoms with Gasteiger partial charge in [-0.15, -0.1) is 5.10 Å². The molecule has 1 aromatic carbocycles. The van der Waals surface area contributed by atoms with Crippen LogP contribution in [0.2, 0.25) is 0 Å². The van der Waals surface area contributed by atoms with Gasteiger partial charge < -0.3 is 0 Å². The molecule has 3 aromatic rings. The van der Waals surface area contributed by atoms with Gasteiger partial charge in [-0.3, -0.25) is 0 Å². The van der Waals surface area contributed by atoms with Gasteiger partial charge in [0.25, 0.3) is 0 Å². The van der Waals surface area contributed by atoms with Gasteiger partial charge in [-0.25, -0.2) is 14.4 Å². The molecule has 0 spiro atoms. The summed E-state index contributed by atoms with van der Waals surface area (Å²) in [4.78, 5) is 8.47. The lowest BCUT2D eigenvalue weighted by Crippen LogP contribution is -1.97. The Labute approximate surface area is 96.8 Å². The Balaban J connectivity index is 2.30. The Morgan fingerprint density at radius 2 is 2.12 bits per heavy atom. The Morgan fingerprint density at radius 3 is 2.94 bits per heavy atom. The van der Waals surface area contributed by atoms with Gasteiger partial charge in [-0.2, -0.15) is 4.52 Å². The first-order valence-electron chi connectivity index (χ1n) is 5.18. The van der Waals surface area contributed by atoms with Crippen LogP contribution >= 0.6 is 0 Å². The highest BCUT2D eigenvalue weighted by atomic mass is 19.1. The quantitative estimate of drug-likeness (QED) is 0.641. The average Bonchev–Trinajstić information content (AvgIpc) is 2.68. The van der Waals surface area contributed by atoms with Crippen LogP contribution in [0.15, 0.2) is 36.5 Å². The third-order valence-electron chi connectivity index (χ3n) is 2.44. The molecule has 2 aromatic heterocycles. The van der Waals surface area contributed by atoms with Crippen molar-refractivity contribution in [2.24, 2.45) is 0 Å². The molecule has 5 heteroatoms. The Morgan fingerprint density at radius 1 is 1.24 bits per heavy atom. The van der Waals surface area contributed by atoms with Gasteiger partial charge >= 0.3 is 0 Å². The fourth-order valence-corrected chi connectivity index (χ4v) is 1.75. The Bertz CT molecular complexity index is 690. The first-order chi connectivity index (χ1) is 8.24. The minimum Gasteiger partial charge on any atom is -0.236 e. The van der Waals surface area contributed by atoms with Crippen molar-refractivity contribution in [3.8, 4) is 11.4 Å². The summed E-state index contributed by atoms with van der Waals surface area (Å²) < 4.78 is 14.8. The van der Waals surface area contributed by atoms with E-state index in [-0.39, 0.29) is 5.82 Å². The summed E-state index contributed by atoms with van der Waals surface area (Å²) in [6, 6.07) is 8.04. The van der Waals surface area contributed by atoms with Crippen molar-refractivity contribution in [1.82, 2.24) is 19.6 Å². The number of hydrogen-bond donors (Lipinski definition) is 0. The average molecular weight is 228 g/mol. The second-order valence-corrected chi connectivity index (χ2v) is 3.71. The van der Waals surface area contributed by atoms with Crippen molar-refractivity contribution < 1.29 is 4.39 Å². The monoisotopic (exact) mass is 228 g/mol. The topological polar surface area (TPSA) is 43.1 Å². The summed E-state index contributed by atoms with van der Waals surface area (Å²) >= 11 is 0. The zero-order valence-electron chi connectivity index (χ0n) is 9.13. The first-order valence-corrected chi connectivity index (χ1v) is 5.18. The van der Waals surface area contributed by atoms with E-state index in [9.17, 15) is 4.39 Å². The number of benzene rings is 1. The molecular weight excluding hydrogens is 219 g/mol. The molecule has 0 bridgehead atoms. The molecule has 2 heterocycles. The highest BCUT2D eigenvalue weighted by Gasteiger charge is 2.08. The molecule has 0 N–H and O–H groups in total. The lowest BCUT2D eigenvalue weighted by Gasteiger charge is -2.02. The van der Waals surface area contributed by atoms with Gasteiger partial charge in [0, 0.05) is 17.8 Å². The van der Waals surface area contributed by atoms with Crippen LogP contribution in [0.1, 0.15) is 5.82 Å². The smallest absolute Gasteiger partial charge is 0.163 e. The molecular formula is C12H9FN4. The van der Waals surface area contributed by atoms with E-state index in [1.165, 1.54) is 12.1 Å². The minimum atomic E-state index is -0.293. The number of aromatic nitrogens is 4. The molecule has 0 amide bonds. The number of fused-ring (bicyclic) bond motifs is 1. The van der Waals surface area contributed by atoms with Crippen LogP contribution in [0.4, 0.5) is 4.39 Å². The zero-order valence-corrected chi connectivity index (χ0v) is 9.13. The van der Waals surface area contributed by atoms with Crippen LogP contribution in [-0.2, 0) is 0 Å². The highest BCUT2D eigenvalue weighted by molar-refractivity contribution is 5.58. The maximum atomic E-state index is 13.2. The number of hydrogen-bond acceptors (Lipinski definition) is 3. The standard InChI is InChI=1S/C12H9FN4/c1-8-15-11-5-6-14-12(17(11)16-8)9-3-2-4-10(13)7-9/h2-7H,1H3. The van der Waals surface area contributed by atoms with Crippen LogP contribution in [0, 0.1) is 12.7 Å². The first kappa shape index (κ1) is 9.89. The Hall–Kier alpha value is -2.30. The summed E-state index contributed by atoms with van der Waals surface area (Å²) in [5.41, 5.74) is 1.39. The second kappa shape index (κ2) is 3.62. The fraction of sp³-hybridized carbons (Fsp3) is 0.0833. The van der Waals surface area contributed by atoms with E-state index in [4.69, 9.17) is 0 Å². The number of aryl methyl sites for hydroxylation is 1. The van der Waals surface area contributed by atoms with E-state index in [1.807, 2.05) is 6.92 Å². The van der Waals surface area contributed by atoms with E-state index >= 15 is 0 Å². The number of rotatable bonds is 1. The van der Waals surface area contributed by atoms with Crippen LogP contribution in [-0.4, -0.2) is 19.6 Å². The maximum Gasteiger partial charge on any atom is 0.163 e. The van der Waals surface area contributed by atoms with Gasteiger partial charge in [0.2, 0.25) is 0 Å². The third-order valence-corrected chi connectivity index (χ3v) is 2.44. The molecule has 0 radical (unpaired) electrons. The SMILES string of the molecule is Cc1nc2ccnc(-c3cccc(F)c3)n2n1. The van der Waals surface area contributed by atoms with Crippen molar-refractivity contribution in [1.29, 1.82) is 0 Å². The molecule has 0 saturated heterocycles. The van der Waals surface area contributed by atoms with E-state index in [1.54, 1.807) is 28.9 Å². The summed E-state index contributed by atoms with van der Waals surface area (Å²) in [5.74, 6) is 0.955. The molecule has 0 saturated carbocycles. The summed E-state index contributed by atoms with van der Waals surface area (Å²) in [7, 11) is 0. The van der Waals surface area contributed by atoms with Crippen molar-refractivity contribution >= 4 is 5.65 Å². The Kier molecular flexibility index (Phi) is 2.11. The molecule has 0 fully saturated rings. The molecule has 17 heavy (non-hydrogen) atoms. The van der Waals surface area contributed by atoms with E-state index in [2.05, 4.69) is 15.1 Å². The second-order valence-electron chi connectivity index (χ2n) is 3.71. The number of halogens is 1. The van der Waals surface area contributed by atoms with E-state index in [0.717, 1.165) is 0 Å². The van der Waals surface area contributed by atoms with Gasteiger partial charge in [-0.05, 0) is 19.1 Å². The summed E-state index contributed by atoms with van der Waals surface area (Å²) in [5, 5.41) is 4.24. The molecule has 84 valence electrons. The fourth-order valence-electron chi connectivity index (χ4n) is 1.75. The lowest BCUT2D eigenvalue weighted by molar-refractivity contribution is 0.628.